The summed E-state index contributed by atoms with van der Waals surface area (Å²) in [6, 6.07) is 12.0. The highest BCUT2D eigenvalue weighted by molar-refractivity contribution is 5.91. The highest BCUT2D eigenvalue weighted by Gasteiger charge is 2.15. The molecule has 3 heteroatoms. The van der Waals surface area contributed by atoms with Crippen LogP contribution in [-0.4, -0.2) is 36.8 Å². The molecule has 2 aromatic rings. The summed E-state index contributed by atoms with van der Waals surface area (Å²) in [5, 5.41) is 12.6. The van der Waals surface area contributed by atoms with Gasteiger partial charge < -0.3 is 14.7 Å². The number of hydrogen-bond acceptors (Lipinski definition) is 3. The topological polar surface area (TPSA) is 32.7 Å². The molecule has 1 atom stereocenters. The molecule has 2 aromatic carbocycles. The van der Waals surface area contributed by atoms with Crippen LogP contribution in [-0.2, 0) is 0 Å². The standard InChI is InChI=1S/C17H23NO2/c1-12(2)20-16-10-6-8-13-7-5-9-14(17(13)16)15(19)11-18(3)4/h5-10,12,15,19H,11H2,1-4H3. The van der Waals surface area contributed by atoms with Gasteiger partial charge >= 0.3 is 0 Å². The molecule has 3 nitrogen and oxygen atoms in total. The van der Waals surface area contributed by atoms with Crippen molar-refractivity contribution in [1.29, 1.82) is 0 Å². The maximum absolute atomic E-state index is 10.5. The minimum atomic E-state index is -0.523. The summed E-state index contributed by atoms with van der Waals surface area (Å²) in [6.45, 7) is 4.62. The summed E-state index contributed by atoms with van der Waals surface area (Å²) in [7, 11) is 3.92. The van der Waals surface area contributed by atoms with E-state index in [4.69, 9.17) is 4.74 Å². The maximum atomic E-state index is 10.5. The Labute approximate surface area is 120 Å². The van der Waals surface area contributed by atoms with Crippen LogP contribution in [0.25, 0.3) is 10.8 Å². The minimum absolute atomic E-state index is 0.111. The van der Waals surface area contributed by atoms with Crippen LogP contribution < -0.4 is 4.74 Å². The monoisotopic (exact) mass is 273 g/mol. The SMILES string of the molecule is CC(C)Oc1cccc2cccc(C(O)CN(C)C)c12. The van der Waals surface area contributed by atoms with E-state index >= 15 is 0 Å². The number of fused-ring (bicyclic) bond motifs is 1. The van der Waals surface area contributed by atoms with Crippen molar-refractivity contribution in [3.8, 4) is 5.75 Å². The van der Waals surface area contributed by atoms with Gasteiger partial charge in [0.05, 0.1) is 12.2 Å². The van der Waals surface area contributed by atoms with E-state index < -0.39 is 6.10 Å². The number of aliphatic hydroxyl groups is 1. The zero-order valence-electron chi connectivity index (χ0n) is 12.6. The van der Waals surface area contributed by atoms with Crippen molar-refractivity contribution >= 4 is 10.8 Å². The number of aliphatic hydroxyl groups excluding tert-OH is 1. The van der Waals surface area contributed by atoms with Gasteiger partial charge in [0, 0.05) is 11.9 Å². The molecule has 0 radical (unpaired) electrons. The molecule has 0 aliphatic carbocycles. The molecule has 0 aliphatic rings. The molecule has 1 N–H and O–H groups in total. The smallest absolute Gasteiger partial charge is 0.127 e. The minimum Gasteiger partial charge on any atom is -0.490 e. The molecule has 0 saturated heterocycles. The average molecular weight is 273 g/mol. The number of ether oxygens (including phenoxy) is 1. The van der Waals surface area contributed by atoms with Gasteiger partial charge in [0.1, 0.15) is 5.75 Å². The van der Waals surface area contributed by atoms with E-state index in [1.807, 2.05) is 57.1 Å². The Kier molecular flexibility index (Phi) is 4.63. The lowest BCUT2D eigenvalue weighted by atomic mass is 9.99. The van der Waals surface area contributed by atoms with Crippen LogP contribution >= 0.6 is 0 Å². The second kappa shape index (κ2) is 6.25. The van der Waals surface area contributed by atoms with E-state index in [1.54, 1.807) is 0 Å². The van der Waals surface area contributed by atoms with Crippen LogP contribution in [0.2, 0.25) is 0 Å². The molecular formula is C17H23NO2. The first-order chi connectivity index (χ1) is 9.49. The molecule has 0 heterocycles. The van der Waals surface area contributed by atoms with Crippen molar-refractivity contribution in [2.45, 2.75) is 26.1 Å². The first-order valence-electron chi connectivity index (χ1n) is 7.00. The molecular weight excluding hydrogens is 250 g/mol. The van der Waals surface area contributed by atoms with Crippen molar-refractivity contribution < 1.29 is 9.84 Å². The van der Waals surface area contributed by atoms with Crippen LogP contribution in [0.5, 0.6) is 5.75 Å². The average Bonchev–Trinajstić information content (AvgIpc) is 2.36. The third-order valence-electron chi connectivity index (χ3n) is 3.16. The van der Waals surface area contributed by atoms with Crippen LogP contribution in [0.1, 0.15) is 25.5 Å². The van der Waals surface area contributed by atoms with Gasteiger partial charge in [-0.1, -0.05) is 30.3 Å². The molecule has 2 rings (SSSR count). The fourth-order valence-electron chi connectivity index (χ4n) is 2.41. The lowest BCUT2D eigenvalue weighted by molar-refractivity contribution is 0.139. The first kappa shape index (κ1) is 14.8. The molecule has 20 heavy (non-hydrogen) atoms. The molecule has 0 amide bonds. The highest BCUT2D eigenvalue weighted by Crippen LogP contribution is 2.33. The number of likely N-dealkylation sites (N-methyl/N-ethyl adjacent to an activating group) is 1. The fourth-order valence-corrected chi connectivity index (χ4v) is 2.41. The predicted octanol–water partition coefficient (Wildman–Crippen LogP) is 3.22. The Bertz CT molecular complexity index is 573. The molecule has 0 bridgehead atoms. The Balaban J connectivity index is 2.53. The summed E-state index contributed by atoms with van der Waals surface area (Å²) in [6.07, 6.45) is -0.412. The normalized spacial score (nSPS) is 13.2. The van der Waals surface area contributed by atoms with Crippen molar-refractivity contribution in [2.75, 3.05) is 20.6 Å². The maximum Gasteiger partial charge on any atom is 0.127 e. The number of nitrogens with zero attached hydrogens (tertiary/aromatic N) is 1. The summed E-state index contributed by atoms with van der Waals surface area (Å²) >= 11 is 0. The van der Waals surface area contributed by atoms with E-state index in [-0.39, 0.29) is 6.10 Å². The largest absolute Gasteiger partial charge is 0.490 e. The lowest BCUT2D eigenvalue weighted by Gasteiger charge is -2.20. The third-order valence-corrected chi connectivity index (χ3v) is 3.16. The molecule has 108 valence electrons. The van der Waals surface area contributed by atoms with E-state index in [0.29, 0.717) is 6.54 Å². The van der Waals surface area contributed by atoms with Crippen LogP contribution in [0, 0.1) is 0 Å². The van der Waals surface area contributed by atoms with Gasteiger partial charge in [-0.25, -0.2) is 0 Å². The molecule has 0 spiro atoms. The van der Waals surface area contributed by atoms with Crippen LogP contribution in [0.4, 0.5) is 0 Å². The van der Waals surface area contributed by atoms with Gasteiger partial charge in [-0.05, 0) is 45.0 Å². The number of rotatable bonds is 5. The van der Waals surface area contributed by atoms with Gasteiger partial charge in [0.2, 0.25) is 0 Å². The molecule has 0 saturated carbocycles. The zero-order chi connectivity index (χ0) is 14.7. The summed E-state index contributed by atoms with van der Waals surface area (Å²) < 4.78 is 5.90. The Hall–Kier alpha value is -1.58. The third kappa shape index (κ3) is 3.30. The summed E-state index contributed by atoms with van der Waals surface area (Å²) in [5.74, 6) is 0.839. The molecule has 0 aliphatic heterocycles. The Morgan fingerprint density at radius 1 is 1.10 bits per heavy atom. The van der Waals surface area contributed by atoms with Crippen molar-refractivity contribution in [3.05, 3.63) is 42.0 Å². The van der Waals surface area contributed by atoms with E-state index in [1.165, 1.54) is 0 Å². The fraction of sp³-hybridized carbons (Fsp3) is 0.412. The van der Waals surface area contributed by atoms with Gasteiger partial charge in [-0.2, -0.15) is 0 Å². The van der Waals surface area contributed by atoms with E-state index in [0.717, 1.165) is 22.1 Å². The van der Waals surface area contributed by atoms with Crippen molar-refractivity contribution in [2.24, 2.45) is 0 Å². The first-order valence-corrected chi connectivity index (χ1v) is 7.00. The highest BCUT2D eigenvalue weighted by atomic mass is 16.5. The lowest BCUT2D eigenvalue weighted by Crippen LogP contribution is -2.20. The van der Waals surface area contributed by atoms with Crippen LogP contribution in [0.15, 0.2) is 36.4 Å². The van der Waals surface area contributed by atoms with Gasteiger partial charge in [-0.15, -0.1) is 0 Å². The number of hydrogen-bond donors (Lipinski definition) is 1. The summed E-state index contributed by atoms with van der Waals surface area (Å²) in [4.78, 5) is 1.98. The van der Waals surface area contributed by atoms with Crippen molar-refractivity contribution in [3.63, 3.8) is 0 Å². The van der Waals surface area contributed by atoms with Crippen LogP contribution in [0.3, 0.4) is 0 Å². The van der Waals surface area contributed by atoms with Crippen molar-refractivity contribution in [1.82, 2.24) is 4.90 Å². The van der Waals surface area contributed by atoms with Gasteiger partial charge in [0.15, 0.2) is 0 Å². The Morgan fingerprint density at radius 3 is 2.35 bits per heavy atom. The molecule has 1 unspecified atom stereocenters. The van der Waals surface area contributed by atoms with Gasteiger partial charge in [0.25, 0.3) is 0 Å². The van der Waals surface area contributed by atoms with E-state index in [9.17, 15) is 5.11 Å². The quantitative estimate of drug-likeness (QED) is 0.908. The zero-order valence-corrected chi connectivity index (χ0v) is 12.6. The Morgan fingerprint density at radius 2 is 1.75 bits per heavy atom. The molecule has 0 aromatic heterocycles. The number of benzene rings is 2. The van der Waals surface area contributed by atoms with Gasteiger partial charge in [-0.3, -0.25) is 0 Å². The second-order valence-corrected chi connectivity index (χ2v) is 5.65. The molecule has 0 fully saturated rings. The second-order valence-electron chi connectivity index (χ2n) is 5.65. The summed E-state index contributed by atoms with van der Waals surface area (Å²) in [5.41, 5.74) is 0.924. The van der Waals surface area contributed by atoms with E-state index in [2.05, 4.69) is 12.1 Å². The predicted molar refractivity (Wildman–Crippen MR) is 83.2 cm³/mol.